The third-order valence-electron chi connectivity index (χ3n) is 4.62. The lowest BCUT2D eigenvalue weighted by Gasteiger charge is -2.10. The average molecular weight is 561 g/mol. The first-order valence-electron chi connectivity index (χ1n) is 9.57. The van der Waals surface area contributed by atoms with Crippen molar-refractivity contribution in [1.82, 2.24) is 19.9 Å². The Kier molecular flexibility index (Phi) is 7.43. The highest BCUT2D eigenvalue weighted by molar-refractivity contribution is 8.76. The Morgan fingerprint density at radius 3 is 1.47 bits per heavy atom. The minimum atomic E-state index is -0.843. The maximum absolute atomic E-state index is 14.5. The quantitative estimate of drug-likeness (QED) is 0.247. The van der Waals surface area contributed by atoms with E-state index in [-0.39, 0.29) is 42.9 Å². The minimum Gasteiger partial charge on any atom is -0.300 e. The summed E-state index contributed by atoms with van der Waals surface area (Å²) < 4.78 is 29.0. The molecule has 0 atom stereocenters. The summed E-state index contributed by atoms with van der Waals surface area (Å²) in [5, 5.41) is 18.5. The summed E-state index contributed by atoms with van der Waals surface area (Å²) in [7, 11) is 1.59. The van der Waals surface area contributed by atoms with Crippen molar-refractivity contribution in [3.05, 3.63) is 89.9 Å². The number of halogens is 4. The maximum Gasteiger partial charge on any atom is 0.270 e. The molecule has 0 aliphatic carbocycles. The highest BCUT2D eigenvalue weighted by atomic mass is 35.5. The summed E-state index contributed by atoms with van der Waals surface area (Å²) in [4.78, 5) is 38.0. The van der Waals surface area contributed by atoms with Crippen molar-refractivity contribution >= 4 is 44.8 Å². The van der Waals surface area contributed by atoms with Crippen LogP contribution in [0.15, 0.2) is 56.3 Å². The van der Waals surface area contributed by atoms with Crippen LogP contribution in [-0.4, -0.2) is 19.9 Å². The number of nitriles is 2. The van der Waals surface area contributed by atoms with E-state index in [9.17, 15) is 28.9 Å². The van der Waals surface area contributed by atoms with Crippen LogP contribution < -0.4 is 11.1 Å². The van der Waals surface area contributed by atoms with Crippen LogP contribution in [0.5, 0.6) is 0 Å². The van der Waals surface area contributed by atoms with Gasteiger partial charge in [0.1, 0.15) is 46.3 Å². The zero-order valence-electron chi connectivity index (χ0n) is 17.4. The number of hydrogen-bond acceptors (Lipinski definition) is 8. The molecule has 0 amide bonds. The van der Waals surface area contributed by atoms with Gasteiger partial charge in [-0.1, -0.05) is 35.3 Å². The van der Waals surface area contributed by atoms with Crippen LogP contribution in [0.4, 0.5) is 8.78 Å². The fraction of sp³-hybridized carbons (Fsp3) is 0. The Morgan fingerprint density at radius 1 is 0.750 bits per heavy atom. The van der Waals surface area contributed by atoms with Gasteiger partial charge in [-0.05, 0) is 45.9 Å². The number of rotatable bonds is 5. The summed E-state index contributed by atoms with van der Waals surface area (Å²) in [5.41, 5.74) is -3.57. The second kappa shape index (κ2) is 10.5. The lowest BCUT2D eigenvalue weighted by atomic mass is 10.1. The zero-order chi connectivity index (χ0) is 26.0. The number of nitrogens with one attached hydrogen (secondary N) is 2. The van der Waals surface area contributed by atoms with Gasteiger partial charge in [-0.15, -0.1) is 0 Å². The van der Waals surface area contributed by atoms with Gasteiger partial charge >= 0.3 is 0 Å². The van der Waals surface area contributed by atoms with Crippen molar-refractivity contribution in [3.8, 4) is 34.7 Å². The molecule has 0 spiro atoms. The van der Waals surface area contributed by atoms with Gasteiger partial charge < -0.3 is 0 Å². The van der Waals surface area contributed by atoms with Gasteiger partial charge in [0.05, 0.1) is 21.2 Å². The van der Waals surface area contributed by atoms with Crippen molar-refractivity contribution < 1.29 is 8.78 Å². The van der Waals surface area contributed by atoms with E-state index in [4.69, 9.17) is 23.2 Å². The Morgan fingerprint density at radius 2 is 1.14 bits per heavy atom. The zero-order valence-corrected chi connectivity index (χ0v) is 20.5. The molecule has 0 aliphatic heterocycles. The molecule has 178 valence electrons. The second-order valence-corrected chi connectivity index (χ2v) is 9.69. The normalized spacial score (nSPS) is 10.6. The largest absolute Gasteiger partial charge is 0.300 e. The molecule has 4 aromatic rings. The molecule has 0 bridgehead atoms. The highest BCUT2D eigenvalue weighted by Gasteiger charge is 2.22. The Labute approximate surface area is 218 Å². The van der Waals surface area contributed by atoms with Crippen molar-refractivity contribution in [2.45, 2.75) is 10.3 Å². The van der Waals surface area contributed by atoms with Crippen LogP contribution >= 0.6 is 44.8 Å². The van der Waals surface area contributed by atoms with Gasteiger partial charge in [0.2, 0.25) is 0 Å². The van der Waals surface area contributed by atoms with Crippen molar-refractivity contribution in [3.63, 3.8) is 0 Å². The molecule has 0 fully saturated rings. The smallest absolute Gasteiger partial charge is 0.270 e. The van der Waals surface area contributed by atoms with Crippen LogP contribution in [0.1, 0.15) is 11.1 Å². The van der Waals surface area contributed by atoms with E-state index in [0.29, 0.717) is 0 Å². The van der Waals surface area contributed by atoms with E-state index < -0.39 is 33.9 Å². The first-order valence-corrected chi connectivity index (χ1v) is 12.5. The van der Waals surface area contributed by atoms with Crippen LogP contribution in [0.2, 0.25) is 10.0 Å². The molecule has 2 aromatic heterocycles. The van der Waals surface area contributed by atoms with E-state index in [2.05, 4.69) is 19.9 Å². The van der Waals surface area contributed by atoms with Gasteiger partial charge in [-0.2, -0.15) is 10.5 Å². The number of hydrogen-bond donors (Lipinski definition) is 2. The van der Waals surface area contributed by atoms with Crippen LogP contribution in [0, 0.1) is 34.3 Å². The van der Waals surface area contributed by atoms with Crippen LogP contribution in [0.25, 0.3) is 22.5 Å². The highest BCUT2D eigenvalue weighted by Crippen LogP contribution is 2.37. The third-order valence-corrected chi connectivity index (χ3v) is 7.23. The lowest BCUT2D eigenvalue weighted by molar-refractivity contribution is 0.630. The second-order valence-electron chi connectivity index (χ2n) is 6.77. The molecule has 2 aromatic carbocycles. The van der Waals surface area contributed by atoms with Gasteiger partial charge in [0.15, 0.2) is 10.3 Å². The summed E-state index contributed by atoms with van der Waals surface area (Å²) in [6.07, 6.45) is 0. The molecular formula is C22H8Cl2F2N6O2S2. The predicted octanol–water partition coefficient (Wildman–Crippen LogP) is 5.31. The first kappa shape index (κ1) is 25.4. The monoisotopic (exact) mass is 560 g/mol. The van der Waals surface area contributed by atoms with Gasteiger partial charge in [0.25, 0.3) is 11.1 Å². The number of H-pyrrole nitrogens is 2. The Balaban J connectivity index is 1.77. The SMILES string of the molecule is N#Cc1c(-c2c(F)cccc2Cl)nc(SSc2nc(-c3c(F)cccc3Cl)c(C#N)c(=O)[nH]2)[nH]c1=O. The van der Waals surface area contributed by atoms with Crippen LogP contribution in [0.3, 0.4) is 0 Å². The van der Waals surface area contributed by atoms with E-state index >= 15 is 0 Å². The molecule has 2 N–H and O–H groups in total. The van der Waals surface area contributed by atoms with Crippen LogP contribution in [-0.2, 0) is 0 Å². The van der Waals surface area contributed by atoms with Crippen molar-refractivity contribution in [1.29, 1.82) is 10.5 Å². The fourth-order valence-corrected chi connectivity index (χ4v) is 5.22. The third kappa shape index (κ3) is 4.85. The summed E-state index contributed by atoms with van der Waals surface area (Å²) in [6, 6.07) is 11.1. The summed E-state index contributed by atoms with van der Waals surface area (Å²) in [5.74, 6) is -1.57. The number of benzene rings is 2. The summed E-state index contributed by atoms with van der Waals surface area (Å²) >= 11 is 12.2. The Bertz CT molecular complexity index is 1560. The Hall–Kier alpha value is -3.68. The molecule has 0 aliphatic rings. The first-order chi connectivity index (χ1) is 17.2. The molecule has 14 heteroatoms. The average Bonchev–Trinajstić information content (AvgIpc) is 2.82. The number of nitrogens with zero attached hydrogens (tertiary/aromatic N) is 4. The molecule has 36 heavy (non-hydrogen) atoms. The molecule has 0 radical (unpaired) electrons. The molecular weight excluding hydrogens is 553 g/mol. The lowest BCUT2D eigenvalue weighted by Crippen LogP contribution is -2.16. The standard InChI is InChI=1S/C22H8Cl2F2N6O2S2/c23-11-3-1-5-13(25)15(11)17-9(7-27)19(33)31-21(29-17)35-36-22-30-18(10(8-28)20(34)32-22)16-12(24)4-2-6-14(16)26/h1-6H,(H,29,31,33)(H,30,32,34). The van der Waals surface area contributed by atoms with Crippen molar-refractivity contribution in [2.24, 2.45) is 0 Å². The van der Waals surface area contributed by atoms with E-state index in [1.165, 1.54) is 24.3 Å². The predicted molar refractivity (Wildman–Crippen MR) is 132 cm³/mol. The van der Waals surface area contributed by atoms with E-state index in [0.717, 1.165) is 33.7 Å². The fourth-order valence-electron chi connectivity index (χ4n) is 3.08. The summed E-state index contributed by atoms with van der Waals surface area (Å²) in [6.45, 7) is 0. The minimum absolute atomic E-state index is 0.0577. The molecule has 4 rings (SSSR count). The molecule has 0 saturated heterocycles. The van der Waals surface area contributed by atoms with Gasteiger partial charge in [-0.25, -0.2) is 18.7 Å². The topological polar surface area (TPSA) is 139 Å². The molecule has 0 saturated carbocycles. The maximum atomic E-state index is 14.5. The van der Waals surface area contributed by atoms with Gasteiger partial charge in [-0.3, -0.25) is 19.6 Å². The van der Waals surface area contributed by atoms with E-state index in [1.54, 1.807) is 12.1 Å². The molecule has 2 heterocycles. The van der Waals surface area contributed by atoms with Gasteiger partial charge in [0, 0.05) is 0 Å². The van der Waals surface area contributed by atoms with Crippen molar-refractivity contribution in [2.75, 3.05) is 0 Å². The number of aromatic nitrogens is 4. The van der Waals surface area contributed by atoms with E-state index in [1.807, 2.05) is 0 Å². The molecule has 0 unspecified atom stereocenters. The number of aromatic amines is 2. The molecule has 8 nitrogen and oxygen atoms in total.